The molecule has 0 aliphatic rings. The highest BCUT2D eigenvalue weighted by Gasteiger charge is 2.09. The number of carbonyl (C=O) groups is 1. The van der Waals surface area contributed by atoms with Crippen molar-refractivity contribution < 1.29 is 14.6 Å². The van der Waals surface area contributed by atoms with Gasteiger partial charge in [-0.25, -0.2) is 4.98 Å². The maximum Gasteiger partial charge on any atom is 0.253 e. The fourth-order valence-corrected chi connectivity index (χ4v) is 1.57. The highest BCUT2D eigenvalue weighted by Crippen LogP contribution is 2.13. The summed E-state index contributed by atoms with van der Waals surface area (Å²) < 4.78 is 5.09. The lowest BCUT2D eigenvalue weighted by molar-refractivity contribution is 0.0950. The number of aromatic nitrogens is 2. The third-order valence-corrected chi connectivity index (χ3v) is 2.47. The smallest absolute Gasteiger partial charge is 0.253 e. The zero-order valence-corrected chi connectivity index (χ0v) is 10.3. The van der Waals surface area contributed by atoms with Crippen LogP contribution in [0.15, 0.2) is 36.8 Å². The molecule has 0 aromatic carbocycles. The number of nitrogens with one attached hydrogen (secondary N) is 1. The Morgan fingerprint density at radius 2 is 2.32 bits per heavy atom. The molecule has 6 heteroatoms. The Balaban J connectivity index is 2.04. The van der Waals surface area contributed by atoms with Gasteiger partial charge in [0.1, 0.15) is 5.75 Å². The second-order valence-electron chi connectivity index (χ2n) is 3.79. The zero-order valence-electron chi connectivity index (χ0n) is 10.3. The minimum absolute atomic E-state index is 0.0494. The summed E-state index contributed by atoms with van der Waals surface area (Å²) in [5, 5.41) is 12.0. The minimum Gasteiger partial charge on any atom is -0.506 e. The first-order valence-electron chi connectivity index (χ1n) is 5.61. The number of aromatic hydroxyl groups is 1. The van der Waals surface area contributed by atoms with Crippen LogP contribution >= 0.6 is 0 Å². The van der Waals surface area contributed by atoms with Crippen LogP contribution in [-0.4, -0.2) is 28.1 Å². The van der Waals surface area contributed by atoms with Crippen molar-refractivity contribution in [2.24, 2.45) is 0 Å². The van der Waals surface area contributed by atoms with E-state index in [0.717, 1.165) is 5.56 Å². The molecule has 0 bridgehead atoms. The Morgan fingerprint density at radius 1 is 1.47 bits per heavy atom. The van der Waals surface area contributed by atoms with E-state index in [9.17, 15) is 9.90 Å². The number of hydrogen-bond acceptors (Lipinski definition) is 5. The Kier molecular flexibility index (Phi) is 3.92. The van der Waals surface area contributed by atoms with Gasteiger partial charge in [0.05, 0.1) is 18.9 Å². The molecule has 2 N–H and O–H groups in total. The number of nitrogens with zero attached hydrogens (tertiary/aromatic N) is 2. The largest absolute Gasteiger partial charge is 0.506 e. The molecule has 98 valence electrons. The summed E-state index contributed by atoms with van der Waals surface area (Å²) in [5.41, 5.74) is 1.06. The minimum atomic E-state index is -0.325. The van der Waals surface area contributed by atoms with Crippen molar-refractivity contribution >= 4 is 5.91 Å². The lowest BCUT2D eigenvalue weighted by Gasteiger charge is -2.08. The molecule has 0 saturated carbocycles. The first-order chi connectivity index (χ1) is 9.20. The van der Waals surface area contributed by atoms with Crippen LogP contribution in [0.5, 0.6) is 11.6 Å². The van der Waals surface area contributed by atoms with Crippen LogP contribution < -0.4 is 10.1 Å². The predicted molar refractivity (Wildman–Crippen MR) is 67.9 cm³/mol. The highest BCUT2D eigenvalue weighted by atomic mass is 16.5. The first kappa shape index (κ1) is 12.8. The quantitative estimate of drug-likeness (QED) is 0.859. The monoisotopic (exact) mass is 259 g/mol. The van der Waals surface area contributed by atoms with Crippen LogP contribution in [0.1, 0.15) is 15.9 Å². The van der Waals surface area contributed by atoms with Gasteiger partial charge in [0.25, 0.3) is 5.91 Å². The molecule has 0 aliphatic heterocycles. The number of rotatable bonds is 4. The molecule has 0 fully saturated rings. The molecule has 0 radical (unpaired) electrons. The van der Waals surface area contributed by atoms with E-state index in [0.29, 0.717) is 11.4 Å². The van der Waals surface area contributed by atoms with Gasteiger partial charge < -0.3 is 15.2 Å². The van der Waals surface area contributed by atoms with Crippen molar-refractivity contribution in [3.8, 4) is 11.6 Å². The Hall–Kier alpha value is -2.63. The molecule has 0 atom stereocenters. The number of methoxy groups -OCH3 is 1. The van der Waals surface area contributed by atoms with E-state index in [4.69, 9.17) is 4.74 Å². The number of pyridine rings is 2. The first-order valence-corrected chi connectivity index (χ1v) is 5.61. The molecule has 6 nitrogen and oxygen atoms in total. The van der Waals surface area contributed by atoms with E-state index >= 15 is 0 Å². The number of hydrogen-bond donors (Lipinski definition) is 2. The Labute approximate surface area is 110 Å². The highest BCUT2D eigenvalue weighted by molar-refractivity contribution is 5.94. The average Bonchev–Trinajstić information content (AvgIpc) is 2.45. The molecular formula is C13H13N3O3. The van der Waals surface area contributed by atoms with Crippen LogP contribution in [0, 0.1) is 0 Å². The van der Waals surface area contributed by atoms with Gasteiger partial charge in [-0.1, -0.05) is 6.07 Å². The molecular weight excluding hydrogens is 246 g/mol. The van der Waals surface area contributed by atoms with Gasteiger partial charge in [0, 0.05) is 24.5 Å². The summed E-state index contributed by atoms with van der Waals surface area (Å²) in [6.45, 7) is 0.283. The van der Waals surface area contributed by atoms with Crippen molar-refractivity contribution in [3.05, 3.63) is 47.9 Å². The summed E-state index contributed by atoms with van der Waals surface area (Å²) in [7, 11) is 1.52. The van der Waals surface area contributed by atoms with Gasteiger partial charge in [-0.05, 0) is 12.1 Å². The molecule has 0 saturated heterocycles. The maximum absolute atomic E-state index is 11.8. The molecule has 2 heterocycles. The molecule has 2 aromatic heterocycles. The Morgan fingerprint density at radius 3 is 3.05 bits per heavy atom. The third-order valence-electron chi connectivity index (χ3n) is 2.47. The summed E-state index contributed by atoms with van der Waals surface area (Å²) in [6, 6.07) is 4.93. The summed E-state index contributed by atoms with van der Waals surface area (Å²) in [5.74, 6) is 0.0951. The number of ether oxygens (including phenoxy) is 1. The van der Waals surface area contributed by atoms with Crippen molar-refractivity contribution in [3.63, 3.8) is 0 Å². The molecule has 2 aromatic rings. The van der Waals surface area contributed by atoms with E-state index in [1.54, 1.807) is 12.3 Å². The second-order valence-corrected chi connectivity index (χ2v) is 3.79. The van der Waals surface area contributed by atoms with E-state index in [2.05, 4.69) is 15.3 Å². The van der Waals surface area contributed by atoms with Crippen LogP contribution in [0.3, 0.4) is 0 Å². The number of carbonyl (C=O) groups excluding carboxylic acids is 1. The van der Waals surface area contributed by atoms with Crippen LogP contribution in [0.25, 0.3) is 0 Å². The second kappa shape index (κ2) is 5.81. The summed E-state index contributed by atoms with van der Waals surface area (Å²) in [6.07, 6.45) is 4.26. The van der Waals surface area contributed by atoms with Gasteiger partial charge in [-0.3, -0.25) is 9.78 Å². The topological polar surface area (TPSA) is 84.3 Å². The lowest BCUT2D eigenvalue weighted by Crippen LogP contribution is -2.23. The van der Waals surface area contributed by atoms with Crippen molar-refractivity contribution in [1.82, 2.24) is 15.3 Å². The van der Waals surface area contributed by atoms with Gasteiger partial charge in [0.2, 0.25) is 5.88 Å². The lowest BCUT2D eigenvalue weighted by atomic mass is 10.2. The maximum atomic E-state index is 11.8. The predicted octanol–water partition coefficient (Wildman–Crippen LogP) is 1.12. The zero-order chi connectivity index (χ0) is 13.7. The van der Waals surface area contributed by atoms with Crippen LogP contribution in [-0.2, 0) is 6.54 Å². The van der Waals surface area contributed by atoms with Gasteiger partial charge in [-0.2, -0.15) is 0 Å². The standard InChI is InChI=1S/C13H13N3O3/c1-19-13-9(3-2-4-15-13)7-16-12(18)10-5-11(17)8-14-6-10/h2-6,8,17H,7H2,1H3,(H,16,18). The molecule has 1 amide bonds. The van der Waals surface area contributed by atoms with E-state index < -0.39 is 0 Å². The molecule has 0 aliphatic carbocycles. The molecule has 2 rings (SSSR count). The van der Waals surface area contributed by atoms with E-state index in [1.807, 2.05) is 6.07 Å². The molecule has 0 unspecified atom stereocenters. The average molecular weight is 259 g/mol. The van der Waals surface area contributed by atoms with Crippen LogP contribution in [0.2, 0.25) is 0 Å². The number of amides is 1. The summed E-state index contributed by atoms with van der Waals surface area (Å²) in [4.78, 5) is 19.6. The third kappa shape index (κ3) is 3.19. The van der Waals surface area contributed by atoms with E-state index in [1.165, 1.54) is 25.6 Å². The SMILES string of the molecule is COc1ncccc1CNC(=O)c1cncc(O)c1. The van der Waals surface area contributed by atoms with Crippen LogP contribution in [0.4, 0.5) is 0 Å². The van der Waals surface area contributed by atoms with Crippen molar-refractivity contribution in [2.75, 3.05) is 7.11 Å². The van der Waals surface area contributed by atoms with E-state index in [-0.39, 0.29) is 18.2 Å². The van der Waals surface area contributed by atoms with Crippen molar-refractivity contribution in [2.45, 2.75) is 6.54 Å². The fraction of sp³-hybridized carbons (Fsp3) is 0.154. The Bertz CT molecular complexity index is 587. The van der Waals surface area contributed by atoms with Gasteiger partial charge in [0.15, 0.2) is 0 Å². The summed E-state index contributed by atoms with van der Waals surface area (Å²) >= 11 is 0. The van der Waals surface area contributed by atoms with Gasteiger partial charge in [-0.15, -0.1) is 0 Å². The van der Waals surface area contributed by atoms with Crippen molar-refractivity contribution in [1.29, 1.82) is 0 Å². The fourth-order valence-electron chi connectivity index (χ4n) is 1.57. The molecule has 0 spiro atoms. The molecule has 19 heavy (non-hydrogen) atoms. The normalized spacial score (nSPS) is 9.95. The van der Waals surface area contributed by atoms with Gasteiger partial charge >= 0.3 is 0 Å².